The van der Waals surface area contributed by atoms with Crippen LogP contribution in [0.15, 0.2) is 35.9 Å². The molecule has 0 fully saturated rings. The van der Waals surface area contributed by atoms with Crippen LogP contribution in [0.4, 0.5) is 8.78 Å². The van der Waals surface area contributed by atoms with Crippen molar-refractivity contribution in [2.24, 2.45) is 11.8 Å². The van der Waals surface area contributed by atoms with E-state index in [-0.39, 0.29) is 5.92 Å². The Bertz CT molecular complexity index is 595. The summed E-state index contributed by atoms with van der Waals surface area (Å²) in [5.74, 6) is -0.00664. The fraction of sp³-hybridized carbons (Fsp3) is 0.524. The zero-order valence-corrected chi connectivity index (χ0v) is 16.1. The summed E-state index contributed by atoms with van der Waals surface area (Å²) in [6, 6.07) is 3.06. The van der Waals surface area contributed by atoms with E-state index in [1.54, 1.807) is 6.07 Å². The molecular formula is C21H29F2P. The molecular weight excluding hydrogens is 321 g/mol. The van der Waals surface area contributed by atoms with Gasteiger partial charge in [0.2, 0.25) is 0 Å². The highest BCUT2D eigenvalue weighted by Crippen LogP contribution is 2.33. The summed E-state index contributed by atoms with van der Waals surface area (Å²) in [4.78, 5) is 0. The molecule has 1 aromatic carbocycles. The summed E-state index contributed by atoms with van der Waals surface area (Å²) in [7, 11) is 2.28. The first kappa shape index (κ1) is 19.3. The topological polar surface area (TPSA) is 0 Å². The highest BCUT2D eigenvalue weighted by atomic mass is 31.0. The van der Waals surface area contributed by atoms with Gasteiger partial charge in [0, 0.05) is 11.2 Å². The van der Waals surface area contributed by atoms with Gasteiger partial charge in [-0.2, -0.15) is 0 Å². The lowest BCUT2D eigenvalue weighted by atomic mass is 9.82. The number of rotatable bonds is 7. The summed E-state index contributed by atoms with van der Waals surface area (Å²) >= 11 is 0. The minimum absolute atomic E-state index is 0.134. The van der Waals surface area contributed by atoms with Gasteiger partial charge in [-0.15, -0.1) is 9.24 Å². The summed E-state index contributed by atoms with van der Waals surface area (Å²) in [5, 5.41) is 0.299. The molecule has 0 aromatic heterocycles. The van der Waals surface area contributed by atoms with E-state index >= 15 is 0 Å². The number of halogens is 2. The Labute approximate surface area is 147 Å². The Morgan fingerprint density at radius 3 is 2.46 bits per heavy atom. The minimum Gasteiger partial charge on any atom is -0.204 e. The van der Waals surface area contributed by atoms with Gasteiger partial charge in [0.1, 0.15) is 0 Å². The van der Waals surface area contributed by atoms with Crippen LogP contribution >= 0.6 is 9.24 Å². The number of hydrogen-bond donors (Lipinski definition) is 0. The van der Waals surface area contributed by atoms with Crippen LogP contribution in [0, 0.1) is 23.5 Å². The van der Waals surface area contributed by atoms with Crippen LogP contribution in [0.1, 0.15) is 64.4 Å². The second-order valence-electron chi connectivity index (χ2n) is 7.01. The van der Waals surface area contributed by atoms with Crippen LogP contribution in [0.25, 0.3) is 0 Å². The molecule has 4 unspecified atom stereocenters. The fourth-order valence-corrected chi connectivity index (χ4v) is 3.66. The summed E-state index contributed by atoms with van der Waals surface area (Å²) in [6.45, 7) is 6.81. The zero-order valence-electron chi connectivity index (χ0n) is 15.0. The van der Waals surface area contributed by atoms with E-state index in [9.17, 15) is 8.78 Å². The maximum Gasteiger partial charge on any atom is 0.165 e. The summed E-state index contributed by atoms with van der Waals surface area (Å²) in [6.07, 6.45) is 12.4. The Morgan fingerprint density at radius 2 is 1.92 bits per heavy atom. The standard InChI is InChI=1S/C21H29F2P/c1-4-14(3)6-7-15(5-2)16-8-10-17(11-9-16)18-12-19(22)21(23)20(24)13-18/h8-10,12-15,17H,4-7,11,24H2,1-3H3. The number of allylic oxidation sites excluding steroid dienone is 4. The van der Waals surface area contributed by atoms with Crippen LogP contribution in [-0.4, -0.2) is 0 Å². The van der Waals surface area contributed by atoms with Crippen molar-refractivity contribution < 1.29 is 8.78 Å². The molecule has 0 heterocycles. The molecule has 0 aliphatic heterocycles. The molecule has 0 spiro atoms. The van der Waals surface area contributed by atoms with Gasteiger partial charge in [-0.3, -0.25) is 0 Å². The SMILES string of the molecule is CCC(C)CCC(CC)C1=CCC(c2cc(F)c(F)c(P)c2)C=C1. The van der Waals surface area contributed by atoms with E-state index in [1.807, 2.05) is 0 Å². The number of benzene rings is 1. The van der Waals surface area contributed by atoms with Gasteiger partial charge in [-0.05, 0) is 54.4 Å². The highest BCUT2D eigenvalue weighted by Gasteiger charge is 2.19. The van der Waals surface area contributed by atoms with Gasteiger partial charge in [0.25, 0.3) is 0 Å². The first-order chi connectivity index (χ1) is 11.5. The van der Waals surface area contributed by atoms with Gasteiger partial charge >= 0.3 is 0 Å². The van der Waals surface area contributed by atoms with E-state index in [0.29, 0.717) is 11.2 Å². The van der Waals surface area contributed by atoms with E-state index in [2.05, 4.69) is 48.2 Å². The first-order valence-electron chi connectivity index (χ1n) is 9.08. The lowest BCUT2D eigenvalue weighted by Crippen LogP contribution is -2.10. The Kier molecular flexibility index (Phi) is 7.16. The van der Waals surface area contributed by atoms with Crippen LogP contribution in [0.3, 0.4) is 0 Å². The molecule has 2 rings (SSSR count). The lowest BCUT2D eigenvalue weighted by Gasteiger charge is -2.23. The predicted molar refractivity (Wildman–Crippen MR) is 103 cm³/mol. The van der Waals surface area contributed by atoms with Crippen molar-refractivity contribution in [1.82, 2.24) is 0 Å². The van der Waals surface area contributed by atoms with Gasteiger partial charge in [-0.1, -0.05) is 51.8 Å². The molecule has 0 N–H and O–H groups in total. The molecule has 0 amide bonds. The van der Waals surface area contributed by atoms with Gasteiger partial charge in [-0.25, -0.2) is 8.78 Å². The van der Waals surface area contributed by atoms with E-state index in [0.717, 1.165) is 24.3 Å². The van der Waals surface area contributed by atoms with Crippen molar-refractivity contribution in [3.63, 3.8) is 0 Å². The maximum absolute atomic E-state index is 13.6. The maximum atomic E-state index is 13.6. The van der Waals surface area contributed by atoms with Crippen molar-refractivity contribution in [3.8, 4) is 0 Å². The molecule has 1 aliphatic rings. The van der Waals surface area contributed by atoms with Crippen molar-refractivity contribution >= 4 is 14.5 Å². The van der Waals surface area contributed by atoms with Crippen molar-refractivity contribution in [1.29, 1.82) is 0 Å². The van der Waals surface area contributed by atoms with Gasteiger partial charge in [0.05, 0.1) is 0 Å². The van der Waals surface area contributed by atoms with Crippen LogP contribution in [-0.2, 0) is 0 Å². The second kappa shape index (κ2) is 8.90. The molecule has 0 saturated carbocycles. The van der Waals surface area contributed by atoms with E-state index in [1.165, 1.54) is 30.9 Å². The Hall–Kier alpha value is -1.01. The third-order valence-electron chi connectivity index (χ3n) is 5.30. The summed E-state index contributed by atoms with van der Waals surface area (Å²) in [5.41, 5.74) is 2.25. The van der Waals surface area contributed by atoms with Crippen LogP contribution in [0.2, 0.25) is 0 Å². The Balaban J connectivity index is 2.04. The number of hydrogen-bond acceptors (Lipinski definition) is 0. The van der Waals surface area contributed by atoms with Gasteiger partial charge in [0.15, 0.2) is 11.6 Å². The monoisotopic (exact) mass is 350 g/mol. The molecule has 0 saturated heterocycles. The smallest absolute Gasteiger partial charge is 0.165 e. The van der Waals surface area contributed by atoms with E-state index < -0.39 is 11.6 Å². The first-order valence-corrected chi connectivity index (χ1v) is 9.66. The molecule has 1 aliphatic carbocycles. The largest absolute Gasteiger partial charge is 0.204 e. The quantitative estimate of drug-likeness (QED) is 0.507. The Morgan fingerprint density at radius 1 is 1.17 bits per heavy atom. The van der Waals surface area contributed by atoms with E-state index in [4.69, 9.17) is 0 Å². The molecule has 0 bridgehead atoms. The van der Waals surface area contributed by atoms with Crippen LogP contribution < -0.4 is 5.30 Å². The summed E-state index contributed by atoms with van der Waals surface area (Å²) < 4.78 is 27.1. The van der Waals surface area contributed by atoms with Crippen LogP contribution in [0.5, 0.6) is 0 Å². The second-order valence-corrected chi connectivity index (χ2v) is 7.63. The molecule has 0 radical (unpaired) electrons. The molecule has 132 valence electrons. The molecule has 1 aromatic rings. The minimum atomic E-state index is -0.768. The van der Waals surface area contributed by atoms with Crippen molar-refractivity contribution in [2.45, 2.75) is 58.8 Å². The third kappa shape index (κ3) is 4.76. The average molecular weight is 350 g/mol. The predicted octanol–water partition coefficient (Wildman–Crippen LogP) is 6.29. The highest BCUT2D eigenvalue weighted by molar-refractivity contribution is 7.27. The molecule has 24 heavy (non-hydrogen) atoms. The van der Waals surface area contributed by atoms with Crippen molar-refractivity contribution in [2.75, 3.05) is 0 Å². The molecule has 4 atom stereocenters. The lowest BCUT2D eigenvalue weighted by molar-refractivity contribution is 0.430. The normalized spacial score (nSPS) is 19.9. The molecule has 3 heteroatoms. The third-order valence-corrected chi connectivity index (χ3v) is 5.72. The van der Waals surface area contributed by atoms with Gasteiger partial charge < -0.3 is 0 Å². The van der Waals surface area contributed by atoms with Crippen molar-refractivity contribution in [3.05, 3.63) is 53.1 Å². The zero-order chi connectivity index (χ0) is 17.7. The average Bonchev–Trinajstić information content (AvgIpc) is 2.60. The fourth-order valence-electron chi connectivity index (χ4n) is 3.33. The molecule has 0 nitrogen and oxygen atoms in total.